The lowest BCUT2D eigenvalue weighted by atomic mass is 10.2. The summed E-state index contributed by atoms with van der Waals surface area (Å²) in [4.78, 5) is 10.5. The van der Waals surface area contributed by atoms with E-state index in [1.54, 1.807) is 18.2 Å². The smallest absolute Gasteiger partial charge is 0.318 e. The van der Waals surface area contributed by atoms with E-state index in [2.05, 4.69) is 10.6 Å². The summed E-state index contributed by atoms with van der Waals surface area (Å²) in [6, 6.07) is 4.45. The number of urea groups is 1. The second-order valence-electron chi connectivity index (χ2n) is 2.90. The minimum Gasteiger partial charge on any atom is -0.351 e. The number of nitrogens with one attached hydrogen (secondary N) is 3. The molecule has 6 heteroatoms. The molecule has 1 aromatic carbocycles. The lowest BCUT2D eigenvalue weighted by molar-refractivity contribution is 0.253. The van der Waals surface area contributed by atoms with Gasteiger partial charge in [-0.2, -0.15) is 0 Å². The van der Waals surface area contributed by atoms with Crippen molar-refractivity contribution in [3.8, 4) is 0 Å². The first-order valence-electron chi connectivity index (χ1n) is 4.18. The molecular formula is C9H11ClN4O. The van der Waals surface area contributed by atoms with E-state index in [9.17, 15) is 4.79 Å². The van der Waals surface area contributed by atoms with Gasteiger partial charge in [0.1, 0.15) is 0 Å². The number of hydrogen-bond donors (Lipinski definition) is 4. The minimum absolute atomic E-state index is 0.187. The molecule has 0 atom stereocenters. The van der Waals surface area contributed by atoms with Crippen LogP contribution in [-0.2, 0) is 0 Å². The third kappa shape index (κ3) is 3.14. The quantitative estimate of drug-likeness (QED) is 0.433. The van der Waals surface area contributed by atoms with E-state index in [1.807, 2.05) is 6.92 Å². The number of carbonyl (C=O) groups excluding carboxylic acids is 1. The number of hydrogen-bond acceptors (Lipinski definition) is 2. The molecule has 80 valence electrons. The summed E-state index contributed by atoms with van der Waals surface area (Å²) in [7, 11) is 0. The molecule has 0 bridgehead atoms. The lowest BCUT2D eigenvalue weighted by Crippen LogP contribution is -2.38. The van der Waals surface area contributed by atoms with Gasteiger partial charge in [0.2, 0.25) is 5.96 Å². The van der Waals surface area contributed by atoms with Gasteiger partial charge in [-0.25, -0.2) is 4.79 Å². The van der Waals surface area contributed by atoms with Crippen molar-refractivity contribution in [2.24, 2.45) is 5.73 Å². The Morgan fingerprint density at radius 1 is 1.53 bits per heavy atom. The molecule has 0 fully saturated rings. The minimum atomic E-state index is -0.785. The third-order valence-corrected chi connectivity index (χ3v) is 2.19. The number of rotatable bonds is 1. The average Bonchev–Trinajstić information content (AvgIpc) is 2.11. The maximum atomic E-state index is 10.5. The van der Waals surface area contributed by atoms with Crippen molar-refractivity contribution in [2.75, 3.05) is 5.32 Å². The molecule has 0 aliphatic heterocycles. The zero-order valence-electron chi connectivity index (χ0n) is 8.10. The number of carbonyl (C=O) groups is 1. The number of benzene rings is 1. The second-order valence-corrected chi connectivity index (χ2v) is 3.31. The fourth-order valence-electron chi connectivity index (χ4n) is 1.03. The molecule has 0 aliphatic carbocycles. The van der Waals surface area contributed by atoms with Crippen molar-refractivity contribution in [3.63, 3.8) is 0 Å². The maximum absolute atomic E-state index is 10.5. The van der Waals surface area contributed by atoms with Crippen LogP contribution in [0.4, 0.5) is 10.5 Å². The lowest BCUT2D eigenvalue weighted by Gasteiger charge is -2.10. The Morgan fingerprint density at radius 2 is 2.20 bits per heavy atom. The highest BCUT2D eigenvalue weighted by Gasteiger charge is 2.04. The zero-order chi connectivity index (χ0) is 11.4. The van der Waals surface area contributed by atoms with E-state index in [0.29, 0.717) is 10.7 Å². The Bertz CT molecular complexity index is 405. The fraction of sp³-hybridized carbons (Fsp3) is 0.111. The maximum Gasteiger partial charge on any atom is 0.318 e. The van der Waals surface area contributed by atoms with Gasteiger partial charge in [-0.1, -0.05) is 17.7 Å². The van der Waals surface area contributed by atoms with Crippen LogP contribution in [0.25, 0.3) is 0 Å². The molecule has 0 aromatic heterocycles. The largest absolute Gasteiger partial charge is 0.351 e. The third-order valence-electron chi connectivity index (χ3n) is 1.78. The summed E-state index contributed by atoms with van der Waals surface area (Å²) in [5.41, 5.74) is 6.31. The van der Waals surface area contributed by atoms with Crippen molar-refractivity contribution in [1.82, 2.24) is 5.32 Å². The van der Waals surface area contributed by atoms with Gasteiger partial charge in [0.25, 0.3) is 0 Å². The van der Waals surface area contributed by atoms with E-state index in [4.69, 9.17) is 22.7 Å². The van der Waals surface area contributed by atoms with Gasteiger partial charge in [-0.05, 0) is 24.6 Å². The molecule has 0 saturated carbocycles. The van der Waals surface area contributed by atoms with E-state index >= 15 is 0 Å². The molecule has 0 saturated heterocycles. The molecule has 0 spiro atoms. The van der Waals surface area contributed by atoms with Crippen LogP contribution in [0.5, 0.6) is 0 Å². The summed E-state index contributed by atoms with van der Waals surface area (Å²) in [5, 5.41) is 12.7. The van der Waals surface area contributed by atoms with Gasteiger partial charge in [0.05, 0.1) is 0 Å². The summed E-state index contributed by atoms with van der Waals surface area (Å²) in [6.45, 7) is 1.81. The molecule has 5 N–H and O–H groups in total. The number of amides is 2. The van der Waals surface area contributed by atoms with Crippen LogP contribution in [0.15, 0.2) is 18.2 Å². The summed E-state index contributed by atoms with van der Waals surface area (Å²) < 4.78 is 0. The average molecular weight is 227 g/mol. The monoisotopic (exact) mass is 226 g/mol. The van der Waals surface area contributed by atoms with E-state index < -0.39 is 6.03 Å². The van der Waals surface area contributed by atoms with Crippen molar-refractivity contribution >= 4 is 29.3 Å². The highest BCUT2D eigenvalue weighted by molar-refractivity contribution is 6.31. The predicted molar refractivity (Wildman–Crippen MR) is 60.3 cm³/mol. The van der Waals surface area contributed by atoms with Crippen LogP contribution >= 0.6 is 11.6 Å². The Hall–Kier alpha value is -1.75. The van der Waals surface area contributed by atoms with Crippen LogP contribution in [0.1, 0.15) is 5.56 Å². The molecule has 2 amide bonds. The Morgan fingerprint density at radius 3 is 2.80 bits per heavy atom. The van der Waals surface area contributed by atoms with Crippen LogP contribution in [0, 0.1) is 12.3 Å². The van der Waals surface area contributed by atoms with Crippen molar-refractivity contribution < 1.29 is 4.79 Å². The SMILES string of the molecule is Cc1c(Cl)cccc1NC(=N)NC(N)=O. The van der Waals surface area contributed by atoms with Crippen molar-refractivity contribution in [2.45, 2.75) is 6.92 Å². The Balaban J connectivity index is 2.77. The van der Waals surface area contributed by atoms with Crippen LogP contribution in [-0.4, -0.2) is 12.0 Å². The number of guanidine groups is 1. The molecule has 5 nitrogen and oxygen atoms in total. The zero-order valence-corrected chi connectivity index (χ0v) is 8.85. The van der Waals surface area contributed by atoms with Gasteiger partial charge in [-0.15, -0.1) is 0 Å². The van der Waals surface area contributed by atoms with E-state index in [1.165, 1.54) is 0 Å². The van der Waals surface area contributed by atoms with Gasteiger partial charge in [0, 0.05) is 10.7 Å². The van der Waals surface area contributed by atoms with Gasteiger partial charge < -0.3 is 11.1 Å². The molecular weight excluding hydrogens is 216 g/mol. The fourth-order valence-corrected chi connectivity index (χ4v) is 1.21. The Labute approximate surface area is 92.1 Å². The highest BCUT2D eigenvalue weighted by atomic mass is 35.5. The van der Waals surface area contributed by atoms with Crippen molar-refractivity contribution in [1.29, 1.82) is 5.41 Å². The highest BCUT2D eigenvalue weighted by Crippen LogP contribution is 2.22. The van der Waals surface area contributed by atoms with Crippen molar-refractivity contribution in [3.05, 3.63) is 28.8 Å². The van der Waals surface area contributed by atoms with E-state index in [0.717, 1.165) is 5.56 Å². The molecule has 0 aliphatic rings. The number of primary amides is 1. The van der Waals surface area contributed by atoms with Crippen LogP contribution < -0.4 is 16.4 Å². The van der Waals surface area contributed by atoms with E-state index in [-0.39, 0.29) is 5.96 Å². The van der Waals surface area contributed by atoms with Crippen LogP contribution in [0.3, 0.4) is 0 Å². The number of nitrogens with two attached hydrogens (primary N) is 1. The Kier molecular flexibility index (Phi) is 3.51. The van der Waals surface area contributed by atoms with Gasteiger partial charge >= 0.3 is 6.03 Å². The molecule has 15 heavy (non-hydrogen) atoms. The van der Waals surface area contributed by atoms with Gasteiger partial charge in [0.15, 0.2) is 0 Å². The molecule has 0 unspecified atom stereocenters. The summed E-state index contributed by atoms with van der Waals surface area (Å²) in [5.74, 6) is -0.187. The molecule has 1 rings (SSSR count). The molecule has 0 heterocycles. The van der Waals surface area contributed by atoms with Crippen LogP contribution in [0.2, 0.25) is 5.02 Å². The normalized spacial score (nSPS) is 9.47. The standard InChI is InChI=1S/C9H11ClN4O/c1-5-6(10)3-2-4-7(5)13-8(11)14-9(12)15/h2-4H,1H3,(H5,11,12,13,14,15). The summed E-state index contributed by atoms with van der Waals surface area (Å²) in [6.07, 6.45) is 0. The number of halogens is 1. The number of anilines is 1. The first-order valence-corrected chi connectivity index (χ1v) is 4.55. The topological polar surface area (TPSA) is 91.0 Å². The van der Waals surface area contributed by atoms with Gasteiger partial charge in [-0.3, -0.25) is 10.7 Å². The second kappa shape index (κ2) is 4.65. The molecule has 1 aromatic rings. The first-order chi connectivity index (χ1) is 7.00. The predicted octanol–water partition coefficient (Wildman–Crippen LogP) is 1.66. The molecule has 0 radical (unpaired) electrons. The first kappa shape index (κ1) is 11.3. The summed E-state index contributed by atoms with van der Waals surface area (Å²) >= 11 is 5.88.